The van der Waals surface area contributed by atoms with Gasteiger partial charge in [0.2, 0.25) is 11.5 Å². The summed E-state index contributed by atoms with van der Waals surface area (Å²) in [5.74, 6) is -2.54. The zero-order chi connectivity index (χ0) is 15.2. The molecule has 2 radical (unpaired) electrons. The van der Waals surface area contributed by atoms with Crippen molar-refractivity contribution < 1.29 is 33.4 Å². The summed E-state index contributed by atoms with van der Waals surface area (Å²) in [7, 11) is 0. The fourth-order valence-electron chi connectivity index (χ4n) is 1.71. The van der Waals surface area contributed by atoms with E-state index >= 15 is 0 Å². The molecule has 110 valence electrons. The molecule has 0 atom stereocenters. The van der Waals surface area contributed by atoms with Crippen molar-refractivity contribution in [3.05, 3.63) is 60.5 Å². The number of ether oxygens (including phenoxy) is 1. The predicted molar refractivity (Wildman–Crippen MR) is 68.4 cm³/mol. The minimum atomic E-state index is -1.14. The van der Waals surface area contributed by atoms with Gasteiger partial charge in [-0.25, -0.2) is 9.59 Å². The molecule has 0 saturated carbocycles. The number of hydrogen-bond acceptors (Lipinski definition) is 5. The molecule has 7 nitrogen and oxygen atoms in total. The van der Waals surface area contributed by atoms with Crippen LogP contribution in [0.1, 0.15) is 32.2 Å². The second kappa shape index (κ2) is 6.76. The number of carbonyl (C=O) groups is 2. The van der Waals surface area contributed by atoms with Crippen LogP contribution in [0.25, 0.3) is 0 Å². The van der Waals surface area contributed by atoms with Crippen molar-refractivity contribution in [2.24, 2.45) is 0 Å². The Morgan fingerprint density at radius 3 is 1.76 bits per heavy atom. The lowest BCUT2D eigenvalue weighted by atomic mass is 10.2. The van der Waals surface area contributed by atoms with E-state index in [1.165, 1.54) is 25.7 Å². The van der Waals surface area contributed by atoms with Crippen LogP contribution in [0.4, 0.5) is 0 Å². The molecule has 0 amide bonds. The molecule has 0 aromatic carbocycles. The predicted octanol–water partition coefficient (Wildman–Crippen LogP) is 2.39. The summed E-state index contributed by atoms with van der Waals surface area (Å²) in [6, 6.07) is 3.09. The molecule has 2 heterocycles. The van der Waals surface area contributed by atoms with Crippen LogP contribution in [0.15, 0.2) is 33.5 Å². The Morgan fingerprint density at radius 1 is 0.952 bits per heavy atom. The molecule has 2 aromatic heterocycles. The summed E-state index contributed by atoms with van der Waals surface area (Å²) < 4.78 is 14.8. The molecule has 2 rings (SSSR count). The van der Waals surface area contributed by atoms with E-state index in [2.05, 4.69) is 0 Å². The first-order chi connectivity index (χ1) is 10.1. The Labute approximate surface area is 119 Å². The second-order valence-corrected chi connectivity index (χ2v) is 4.04. The highest BCUT2D eigenvalue weighted by atomic mass is 16.5. The van der Waals surface area contributed by atoms with Gasteiger partial charge in [-0.15, -0.1) is 0 Å². The van der Waals surface area contributed by atoms with Gasteiger partial charge in [0, 0.05) is 24.0 Å². The number of furan rings is 2. The lowest BCUT2D eigenvalue weighted by molar-refractivity contribution is 0.0651. The first kappa shape index (κ1) is 14.9. The van der Waals surface area contributed by atoms with Crippen LogP contribution in [0.5, 0.6) is 0 Å². The van der Waals surface area contributed by atoms with Gasteiger partial charge in [0.25, 0.3) is 0 Å². The van der Waals surface area contributed by atoms with Crippen molar-refractivity contribution in [3.8, 4) is 0 Å². The summed E-state index contributed by atoms with van der Waals surface area (Å²) in [4.78, 5) is 21.6. The van der Waals surface area contributed by atoms with Crippen LogP contribution in [-0.2, 0) is 17.6 Å². The molecule has 7 heteroatoms. The molecule has 0 saturated heterocycles. The second-order valence-electron chi connectivity index (χ2n) is 4.04. The monoisotopic (exact) mass is 292 g/mol. The lowest BCUT2D eigenvalue weighted by Gasteiger charge is -2.02. The Bertz CT molecular complexity index is 569. The molecule has 0 aliphatic heterocycles. The van der Waals surface area contributed by atoms with Crippen LogP contribution >= 0.6 is 0 Å². The fourth-order valence-corrected chi connectivity index (χ4v) is 1.71. The van der Waals surface area contributed by atoms with Crippen LogP contribution in [0.2, 0.25) is 0 Å². The summed E-state index contributed by atoms with van der Waals surface area (Å²) in [5.41, 5.74) is 0.982. The minimum absolute atomic E-state index is 0.127. The molecule has 21 heavy (non-hydrogen) atoms. The van der Waals surface area contributed by atoms with E-state index in [1.807, 2.05) is 0 Å². The van der Waals surface area contributed by atoms with Crippen molar-refractivity contribution >= 4 is 11.9 Å². The third-order valence-electron chi connectivity index (χ3n) is 2.68. The van der Waals surface area contributed by atoms with E-state index < -0.39 is 11.9 Å². The lowest BCUT2D eigenvalue weighted by Crippen LogP contribution is -2.01. The maximum absolute atomic E-state index is 10.8. The number of aromatic carboxylic acids is 2. The quantitative estimate of drug-likeness (QED) is 0.718. The van der Waals surface area contributed by atoms with Gasteiger partial charge in [-0.1, -0.05) is 0 Å². The van der Waals surface area contributed by atoms with E-state index in [-0.39, 0.29) is 24.4 Å². The van der Waals surface area contributed by atoms with E-state index in [0.717, 1.165) is 0 Å². The highest BCUT2D eigenvalue weighted by molar-refractivity contribution is 5.86. The number of hydrogen-bond donors (Lipinski definition) is 2. The molecule has 0 aliphatic carbocycles. The molecule has 0 spiro atoms. The van der Waals surface area contributed by atoms with Crippen LogP contribution < -0.4 is 0 Å². The summed E-state index contributed by atoms with van der Waals surface area (Å²) in [6.07, 6.45) is 3.10. The maximum Gasteiger partial charge on any atom is 0.372 e. The number of carboxylic acids is 2. The van der Waals surface area contributed by atoms with Gasteiger partial charge in [-0.3, -0.25) is 0 Å². The van der Waals surface area contributed by atoms with Crippen LogP contribution in [0.3, 0.4) is 0 Å². The normalized spacial score (nSPS) is 10.7. The van der Waals surface area contributed by atoms with Crippen LogP contribution in [-0.4, -0.2) is 22.2 Å². The number of rotatable bonds is 8. The summed E-state index contributed by atoms with van der Waals surface area (Å²) in [6.45, 7) is 2.80. The molecule has 0 fully saturated rings. The van der Waals surface area contributed by atoms with E-state index in [1.54, 1.807) is 12.1 Å². The van der Waals surface area contributed by atoms with Crippen LogP contribution in [0, 0.1) is 13.2 Å². The standard InChI is InChI=1S/C14H12O7/c15-13(16)11-9(3-7-20-11)1-5-19-6-2-10-4-8-21-12(10)14(17)18/h3-8H,1-2H2,(H,15,16)(H,17,18). The maximum atomic E-state index is 10.8. The third-order valence-corrected chi connectivity index (χ3v) is 2.68. The molecule has 2 aromatic rings. The van der Waals surface area contributed by atoms with Crippen molar-refractivity contribution in [1.29, 1.82) is 0 Å². The van der Waals surface area contributed by atoms with E-state index in [9.17, 15) is 9.59 Å². The van der Waals surface area contributed by atoms with Crippen molar-refractivity contribution in [1.82, 2.24) is 0 Å². The Kier molecular flexibility index (Phi) is 4.78. The zero-order valence-corrected chi connectivity index (χ0v) is 10.8. The van der Waals surface area contributed by atoms with E-state index in [0.29, 0.717) is 11.1 Å². The average Bonchev–Trinajstić information content (AvgIpc) is 3.06. The molecular formula is C14H12O7. The summed E-state index contributed by atoms with van der Waals surface area (Å²) >= 11 is 0. The van der Waals surface area contributed by atoms with Crippen molar-refractivity contribution in [2.75, 3.05) is 0 Å². The molecule has 0 bridgehead atoms. The third kappa shape index (κ3) is 3.73. The van der Waals surface area contributed by atoms with Gasteiger partial charge in [-0.2, -0.15) is 0 Å². The highest BCUT2D eigenvalue weighted by Gasteiger charge is 2.15. The topological polar surface area (TPSA) is 110 Å². The van der Waals surface area contributed by atoms with Gasteiger partial charge in [0.15, 0.2) is 0 Å². The van der Waals surface area contributed by atoms with Crippen molar-refractivity contribution in [3.63, 3.8) is 0 Å². The zero-order valence-electron chi connectivity index (χ0n) is 10.8. The number of carboxylic acid groups (broad SMARTS) is 2. The van der Waals surface area contributed by atoms with Gasteiger partial charge in [0.1, 0.15) is 0 Å². The van der Waals surface area contributed by atoms with Gasteiger partial charge >= 0.3 is 11.9 Å². The Morgan fingerprint density at radius 2 is 1.38 bits per heavy atom. The molecular weight excluding hydrogens is 280 g/mol. The SMILES string of the molecule is O=C(O)c1occc1C[CH]O[CH]Cc1ccoc1C(=O)O. The minimum Gasteiger partial charge on any atom is -0.475 e. The molecule has 2 N–H and O–H groups in total. The Hall–Kier alpha value is -2.54. The van der Waals surface area contributed by atoms with Gasteiger partial charge in [-0.05, 0) is 12.1 Å². The highest BCUT2D eigenvalue weighted by Crippen LogP contribution is 2.15. The van der Waals surface area contributed by atoms with Gasteiger partial charge < -0.3 is 23.8 Å². The first-order valence-electron chi connectivity index (χ1n) is 5.97. The van der Waals surface area contributed by atoms with E-state index in [4.69, 9.17) is 23.8 Å². The Balaban J connectivity index is 1.75. The largest absolute Gasteiger partial charge is 0.475 e. The summed E-state index contributed by atoms with van der Waals surface area (Å²) in [5, 5.41) is 17.7. The smallest absolute Gasteiger partial charge is 0.372 e. The molecule has 0 unspecified atom stereocenters. The fraction of sp³-hybridized carbons (Fsp3) is 0.143. The van der Waals surface area contributed by atoms with Gasteiger partial charge in [0.05, 0.1) is 25.7 Å². The van der Waals surface area contributed by atoms with Crippen molar-refractivity contribution in [2.45, 2.75) is 12.8 Å². The molecule has 0 aliphatic rings. The average molecular weight is 292 g/mol. The first-order valence-corrected chi connectivity index (χ1v) is 5.97.